The normalized spacial score (nSPS) is 23.4. The maximum absolute atomic E-state index is 12.8. The zero-order chi connectivity index (χ0) is 14.8. The molecule has 4 nitrogen and oxygen atoms in total. The maximum atomic E-state index is 12.8. The Morgan fingerprint density at radius 1 is 1.14 bits per heavy atom. The van der Waals surface area contributed by atoms with Crippen molar-refractivity contribution in [1.29, 1.82) is 0 Å². The molecule has 3 N–H and O–H groups in total. The van der Waals surface area contributed by atoms with Gasteiger partial charge in [-0.3, -0.25) is 4.79 Å². The molecule has 1 heterocycles. The lowest BCUT2D eigenvalue weighted by Gasteiger charge is -2.34. The number of rotatable bonds is 2. The number of phenolic OH excluding ortho intramolecular Hbond substituents is 1. The van der Waals surface area contributed by atoms with Crippen molar-refractivity contribution in [2.75, 3.05) is 12.3 Å². The first-order valence-electron chi connectivity index (χ1n) is 8.06. The second-order valence-corrected chi connectivity index (χ2v) is 6.38. The number of carbonyl (C=O) groups excluding carboxylic acids is 1. The Morgan fingerprint density at radius 3 is 2.67 bits per heavy atom. The number of anilines is 1. The van der Waals surface area contributed by atoms with Crippen LogP contribution in [0.4, 0.5) is 5.69 Å². The summed E-state index contributed by atoms with van der Waals surface area (Å²) in [7, 11) is 0. The predicted molar refractivity (Wildman–Crippen MR) is 83.2 cm³/mol. The fourth-order valence-electron chi connectivity index (χ4n) is 3.94. The third kappa shape index (κ3) is 2.85. The highest BCUT2D eigenvalue weighted by Crippen LogP contribution is 2.35. The Balaban J connectivity index is 1.80. The second-order valence-electron chi connectivity index (χ2n) is 6.38. The molecule has 1 saturated heterocycles. The van der Waals surface area contributed by atoms with E-state index in [1.165, 1.54) is 44.2 Å². The number of hydrogen-bond donors (Lipinski definition) is 2. The highest BCUT2D eigenvalue weighted by Gasteiger charge is 2.36. The summed E-state index contributed by atoms with van der Waals surface area (Å²) in [6.07, 6.45) is 8.57. The van der Waals surface area contributed by atoms with Gasteiger partial charge < -0.3 is 15.7 Å². The van der Waals surface area contributed by atoms with E-state index in [0.29, 0.717) is 23.2 Å². The molecule has 1 saturated carbocycles. The van der Waals surface area contributed by atoms with Crippen molar-refractivity contribution < 1.29 is 9.90 Å². The number of amides is 1. The van der Waals surface area contributed by atoms with Crippen LogP contribution < -0.4 is 5.73 Å². The number of hydrogen-bond acceptors (Lipinski definition) is 3. The SMILES string of the molecule is Nc1ccc(O)cc1C(=O)N1CCCC1C1CCCCC1. The lowest BCUT2D eigenvalue weighted by molar-refractivity contribution is 0.0662. The summed E-state index contributed by atoms with van der Waals surface area (Å²) < 4.78 is 0. The number of nitrogens with two attached hydrogens (primary N) is 1. The van der Waals surface area contributed by atoms with Crippen molar-refractivity contribution >= 4 is 11.6 Å². The molecule has 21 heavy (non-hydrogen) atoms. The van der Waals surface area contributed by atoms with Crippen LogP contribution in [0.25, 0.3) is 0 Å². The number of likely N-dealkylation sites (tertiary alicyclic amines) is 1. The molecule has 0 bridgehead atoms. The maximum Gasteiger partial charge on any atom is 0.256 e. The van der Waals surface area contributed by atoms with E-state index in [-0.39, 0.29) is 11.7 Å². The largest absolute Gasteiger partial charge is 0.508 e. The summed E-state index contributed by atoms with van der Waals surface area (Å²) in [5.74, 6) is 0.723. The molecule has 3 rings (SSSR count). The minimum atomic E-state index is -0.0172. The van der Waals surface area contributed by atoms with Gasteiger partial charge in [-0.25, -0.2) is 0 Å². The van der Waals surface area contributed by atoms with Gasteiger partial charge in [0.25, 0.3) is 5.91 Å². The Kier molecular flexibility index (Phi) is 4.04. The van der Waals surface area contributed by atoms with E-state index < -0.39 is 0 Å². The summed E-state index contributed by atoms with van der Waals surface area (Å²) in [5.41, 5.74) is 6.82. The standard InChI is InChI=1S/C17H24N2O2/c18-15-9-8-13(20)11-14(15)17(21)19-10-4-7-16(19)12-5-2-1-3-6-12/h8-9,11-12,16,20H,1-7,10,18H2. The quantitative estimate of drug-likeness (QED) is 0.649. The molecule has 1 atom stereocenters. The first kappa shape index (κ1) is 14.2. The first-order valence-corrected chi connectivity index (χ1v) is 8.06. The van der Waals surface area contributed by atoms with Gasteiger partial charge in [-0.15, -0.1) is 0 Å². The minimum absolute atomic E-state index is 0.0172. The Bertz CT molecular complexity index is 524. The number of nitrogen functional groups attached to an aromatic ring is 1. The number of phenols is 1. The van der Waals surface area contributed by atoms with E-state index >= 15 is 0 Å². The van der Waals surface area contributed by atoms with E-state index in [0.717, 1.165) is 19.4 Å². The number of carbonyl (C=O) groups is 1. The summed E-state index contributed by atoms with van der Waals surface area (Å²) in [4.78, 5) is 14.8. The van der Waals surface area contributed by atoms with Crippen molar-refractivity contribution in [1.82, 2.24) is 4.90 Å². The van der Waals surface area contributed by atoms with Gasteiger partial charge in [0.05, 0.1) is 5.56 Å². The molecule has 114 valence electrons. The monoisotopic (exact) mass is 288 g/mol. The van der Waals surface area contributed by atoms with Crippen LogP contribution in [0.15, 0.2) is 18.2 Å². The van der Waals surface area contributed by atoms with Crippen LogP contribution >= 0.6 is 0 Å². The fraction of sp³-hybridized carbons (Fsp3) is 0.588. The van der Waals surface area contributed by atoms with Gasteiger partial charge in [-0.05, 0) is 49.8 Å². The summed E-state index contributed by atoms with van der Waals surface area (Å²) in [6.45, 7) is 0.815. The van der Waals surface area contributed by atoms with Crippen LogP contribution in [0.1, 0.15) is 55.3 Å². The minimum Gasteiger partial charge on any atom is -0.508 e. The molecule has 1 aromatic rings. The Morgan fingerprint density at radius 2 is 1.90 bits per heavy atom. The molecule has 0 radical (unpaired) electrons. The fourth-order valence-corrected chi connectivity index (χ4v) is 3.94. The molecule has 1 aliphatic carbocycles. The van der Waals surface area contributed by atoms with E-state index in [1.54, 1.807) is 6.07 Å². The van der Waals surface area contributed by atoms with Gasteiger partial charge in [-0.1, -0.05) is 19.3 Å². The highest BCUT2D eigenvalue weighted by atomic mass is 16.3. The van der Waals surface area contributed by atoms with Crippen LogP contribution in [0.3, 0.4) is 0 Å². The van der Waals surface area contributed by atoms with E-state index in [1.807, 2.05) is 4.90 Å². The summed E-state index contributed by atoms with van der Waals surface area (Å²) >= 11 is 0. The zero-order valence-electron chi connectivity index (χ0n) is 12.4. The molecule has 4 heteroatoms. The van der Waals surface area contributed by atoms with Crippen LogP contribution in [-0.2, 0) is 0 Å². The van der Waals surface area contributed by atoms with Gasteiger partial charge in [0.1, 0.15) is 5.75 Å². The average Bonchev–Trinajstić information content (AvgIpc) is 2.99. The number of nitrogens with zero attached hydrogens (tertiary/aromatic N) is 1. The Hall–Kier alpha value is -1.71. The smallest absolute Gasteiger partial charge is 0.256 e. The number of aromatic hydroxyl groups is 1. The van der Waals surface area contributed by atoms with Crippen LogP contribution in [0, 0.1) is 5.92 Å². The van der Waals surface area contributed by atoms with Gasteiger partial charge in [0.2, 0.25) is 0 Å². The van der Waals surface area contributed by atoms with Crippen molar-refractivity contribution in [2.45, 2.75) is 51.0 Å². The molecular weight excluding hydrogens is 264 g/mol. The van der Waals surface area contributed by atoms with Gasteiger partial charge in [0.15, 0.2) is 0 Å². The molecule has 2 aliphatic rings. The average molecular weight is 288 g/mol. The zero-order valence-corrected chi connectivity index (χ0v) is 12.4. The van der Waals surface area contributed by atoms with Gasteiger partial charge in [-0.2, -0.15) is 0 Å². The molecular formula is C17H24N2O2. The molecule has 1 aromatic carbocycles. The lowest BCUT2D eigenvalue weighted by atomic mass is 9.83. The molecule has 1 unspecified atom stereocenters. The van der Waals surface area contributed by atoms with Gasteiger partial charge >= 0.3 is 0 Å². The van der Waals surface area contributed by atoms with Crippen molar-refractivity contribution in [2.24, 2.45) is 5.92 Å². The molecule has 0 aromatic heterocycles. The lowest BCUT2D eigenvalue weighted by Crippen LogP contribution is -2.41. The van der Waals surface area contributed by atoms with Crippen molar-refractivity contribution in [3.63, 3.8) is 0 Å². The van der Waals surface area contributed by atoms with Crippen molar-refractivity contribution in [3.05, 3.63) is 23.8 Å². The van der Waals surface area contributed by atoms with Crippen molar-refractivity contribution in [3.8, 4) is 5.75 Å². The highest BCUT2D eigenvalue weighted by molar-refractivity contribution is 5.99. The van der Waals surface area contributed by atoms with Gasteiger partial charge in [0, 0.05) is 18.3 Å². The van der Waals surface area contributed by atoms with Crippen LogP contribution in [-0.4, -0.2) is 28.5 Å². The second kappa shape index (κ2) is 5.96. The molecule has 0 spiro atoms. The molecule has 2 fully saturated rings. The number of benzene rings is 1. The van der Waals surface area contributed by atoms with Crippen LogP contribution in [0.2, 0.25) is 0 Å². The third-order valence-corrected chi connectivity index (χ3v) is 5.02. The summed E-state index contributed by atoms with van der Waals surface area (Å²) in [5, 5.41) is 9.62. The van der Waals surface area contributed by atoms with E-state index in [4.69, 9.17) is 5.73 Å². The van der Waals surface area contributed by atoms with E-state index in [9.17, 15) is 9.90 Å². The first-order chi connectivity index (χ1) is 10.2. The topological polar surface area (TPSA) is 66.6 Å². The Labute approximate surface area is 125 Å². The summed E-state index contributed by atoms with van der Waals surface area (Å²) in [6, 6.07) is 4.98. The van der Waals surface area contributed by atoms with Crippen LogP contribution in [0.5, 0.6) is 5.75 Å². The predicted octanol–water partition coefficient (Wildman–Crippen LogP) is 3.16. The molecule has 1 amide bonds. The molecule has 1 aliphatic heterocycles. The third-order valence-electron chi connectivity index (χ3n) is 5.02. The van der Waals surface area contributed by atoms with E-state index in [2.05, 4.69) is 0 Å².